The highest BCUT2D eigenvalue weighted by atomic mass is 16.5. The third-order valence-electron chi connectivity index (χ3n) is 4.47. The number of nitrogens with zero attached hydrogens (tertiary/aromatic N) is 1. The van der Waals surface area contributed by atoms with E-state index in [2.05, 4.69) is 42.3 Å². The molecule has 1 fully saturated rings. The molecule has 3 nitrogen and oxygen atoms in total. The third-order valence-corrected chi connectivity index (χ3v) is 4.47. The molecule has 2 aromatic carbocycles. The van der Waals surface area contributed by atoms with Crippen LogP contribution in [0.2, 0.25) is 0 Å². The lowest BCUT2D eigenvalue weighted by atomic mass is 10.1. The van der Waals surface area contributed by atoms with E-state index in [4.69, 9.17) is 4.74 Å². The van der Waals surface area contributed by atoms with Crippen LogP contribution in [0.1, 0.15) is 25.8 Å². The van der Waals surface area contributed by atoms with Gasteiger partial charge in [0.05, 0.1) is 0 Å². The summed E-state index contributed by atoms with van der Waals surface area (Å²) in [5.41, 5.74) is 1.26. The van der Waals surface area contributed by atoms with Crippen LogP contribution >= 0.6 is 0 Å². The monoisotopic (exact) mass is 324 g/mol. The molecule has 0 aliphatic carbocycles. The van der Waals surface area contributed by atoms with Crippen molar-refractivity contribution in [2.45, 2.75) is 32.9 Å². The van der Waals surface area contributed by atoms with Crippen LogP contribution in [0.25, 0.3) is 0 Å². The van der Waals surface area contributed by atoms with Gasteiger partial charge in [0.2, 0.25) is 0 Å². The van der Waals surface area contributed by atoms with Crippen LogP contribution in [-0.4, -0.2) is 30.6 Å². The molecular weight excluding hydrogens is 296 g/mol. The Morgan fingerprint density at radius 2 is 1.83 bits per heavy atom. The van der Waals surface area contributed by atoms with Crippen molar-refractivity contribution in [1.82, 2.24) is 10.2 Å². The topological polar surface area (TPSA) is 24.5 Å². The Hall–Kier alpha value is -1.84. The van der Waals surface area contributed by atoms with Gasteiger partial charge in [-0.15, -0.1) is 0 Å². The zero-order valence-electron chi connectivity index (χ0n) is 14.7. The van der Waals surface area contributed by atoms with Crippen LogP contribution in [0, 0.1) is 5.92 Å². The van der Waals surface area contributed by atoms with Crippen molar-refractivity contribution in [3.05, 3.63) is 60.2 Å². The van der Waals surface area contributed by atoms with Gasteiger partial charge in [-0.05, 0) is 37.1 Å². The van der Waals surface area contributed by atoms with E-state index in [-0.39, 0.29) is 0 Å². The molecular formula is C21H28N2O. The van der Waals surface area contributed by atoms with Gasteiger partial charge in [-0.1, -0.05) is 50.2 Å². The minimum absolute atomic E-state index is 0.622. The molecule has 3 heteroatoms. The molecule has 0 unspecified atom stereocenters. The van der Waals surface area contributed by atoms with Crippen molar-refractivity contribution in [3.63, 3.8) is 0 Å². The highest BCUT2D eigenvalue weighted by molar-refractivity contribution is 5.37. The highest BCUT2D eigenvalue weighted by Gasteiger charge is 2.23. The zero-order chi connectivity index (χ0) is 16.8. The zero-order valence-corrected chi connectivity index (χ0v) is 14.7. The molecule has 24 heavy (non-hydrogen) atoms. The quantitative estimate of drug-likeness (QED) is 0.822. The van der Waals surface area contributed by atoms with Crippen molar-refractivity contribution in [1.29, 1.82) is 0 Å². The van der Waals surface area contributed by atoms with Gasteiger partial charge in [0.15, 0.2) is 0 Å². The highest BCUT2D eigenvalue weighted by Crippen LogP contribution is 2.27. The smallest absolute Gasteiger partial charge is 0.131 e. The molecule has 1 aliphatic heterocycles. The maximum atomic E-state index is 6.14. The van der Waals surface area contributed by atoms with E-state index in [1.165, 1.54) is 12.0 Å². The van der Waals surface area contributed by atoms with Crippen LogP contribution in [0.3, 0.4) is 0 Å². The minimum Gasteiger partial charge on any atom is -0.457 e. The molecule has 0 amide bonds. The fourth-order valence-electron chi connectivity index (χ4n) is 3.33. The molecule has 1 atom stereocenters. The van der Waals surface area contributed by atoms with Crippen molar-refractivity contribution < 1.29 is 4.74 Å². The largest absolute Gasteiger partial charge is 0.457 e. The fourth-order valence-corrected chi connectivity index (χ4v) is 3.33. The van der Waals surface area contributed by atoms with Gasteiger partial charge < -0.3 is 10.1 Å². The van der Waals surface area contributed by atoms with E-state index in [0.29, 0.717) is 12.0 Å². The molecule has 1 heterocycles. The van der Waals surface area contributed by atoms with Gasteiger partial charge in [-0.2, -0.15) is 0 Å². The molecule has 1 aliphatic rings. The van der Waals surface area contributed by atoms with Crippen LogP contribution in [0.4, 0.5) is 0 Å². The lowest BCUT2D eigenvalue weighted by Crippen LogP contribution is -2.38. The number of benzene rings is 2. The second-order valence-corrected chi connectivity index (χ2v) is 6.99. The first-order valence-electron chi connectivity index (χ1n) is 8.98. The third kappa shape index (κ3) is 4.59. The maximum absolute atomic E-state index is 6.14. The van der Waals surface area contributed by atoms with Gasteiger partial charge in [0.25, 0.3) is 0 Å². The van der Waals surface area contributed by atoms with Gasteiger partial charge in [0, 0.05) is 31.2 Å². The molecule has 0 saturated carbocycles. The Kier molecular flexibility index (Phi) is 5.89. The van der Waals surface area contributed by atoms with E-state index in [9.17, 15) is 0 Å². The average Bonchev–Trinajstić information content (AvgIpc) is 3.11. The Morgan fingerprint density at radius 1 is 1.08 bits per heavy atom. The summed E-state index contributed by atoms with van der Waals surface area (Å²) < 4.78 is 6.14. The summed E-state index contributed by atoms with van der Waals surface area (Å²) in [6.07, 6.45) is 1.23. The van der Waals surface area contributed by atoms with Crippen molar-refractivity contribution >= 4 is 0 Å². The van der Waals surface area contributed by atoms with Crippen molar-refractivity contribution in [2.75, 3.05) is 19.6 Å². The molecule has 0 aromatic heterocycles. The summed E-state index contributed by atoms with van der Waals surface area (Å²) in [5, 5.41) is 3.49. The molecule has 0 spiro atoms. The molecule has 0 bridgehead atoms. The lowest BCUT2D eigenvalue weighted by molar-refractivity contribution is 0.176. The number of hydrogen-bond donors (Lipinski definition) is 1. The van der Waals surface area contributed by atoms with Crippen LogP contribution in [0.15, 0.2) is 54.6 Å². The first-order valence-corrected chi connectivity index (χ1v) is 8.98. The normalized spacial score (nSPS) is 17.6. The van der Waals surface area contributed by atoms with E-state index < -0.39 is 0 Å². The second kappa shape index (κ2) is 8.32. The van der Waals surface area contributed by atoms with Crippen molar-refractivity contribution in [3.8, 4) is 11.5 Å². The van der Waals surface area contributed by atoms with Gasteiger partial charge >= 0.3 is 0 Å². The molecule has 0 radical (unpaired) electrons. The molecule has 1 saturated heterocycles. The average molecular weight is 324 g/mol. The van der Waals surface area contributed by atoms with Crippen LogP contribution < -0.4 is 10.1 Å². The predicted octanol–water partition coefficient (Wildman–Crippen LogP) is 4.30. The number of hydrogen-bond acceptors (Lipinski definition) is 3. The van der Waals surface area contributed by atoms with Crippen LogP contribution in [-0.2, 0) is 6.54 Å². The minimum atomic E-state index is 0.622. The summed E-state index contributed by atoms with van der Waals surface area (Å²) in [4.78, 5) is 2.61. The Labute approximate surface area is 145 Å². The van der Waals surface area contributed by atoms with Gasteiger partial charge in [0.1, 0.15) is 11.5 Å². The number of rotatable bonds is 7. The Bertz CT molecular complexity index is 621. The standard InChI is InChI=1S/C21H28N2O/c1-17(2)15-23(19-12-13-22-14-19)16-18-8-6-7-11-21(18)24-20-9-4-3-5-10-20/h3-11,17,19,22H,12-16H2,1-2H3/t19-/m0/s1. The van der Waals surface area contributed by atoms with Crippen molar-refractivity contribution in [2.24, 2.45) is 5.92 Å². The number of para-hydroxylation sites is 2. The number of nitrogens with one attached hydrogen (secondary N) is 1. The van der Waals surface area contributed by atoms with E-state index in [1.807, 2.05) is 36.4 Å². The second-order valence-electron chi connectivity index (χ2n) is 6.99. The Balaban J connectivity index is 1.77. The summed E-state index contributed by atoms with van der Waals surface area (Å²) in [6.45, 7) is 8.86. The molecule has 3 rings (SSSR count). The van der Waals surface area contributed by atoms with Gasteiger partial charge in [-0.3, -0.25) is 4.90 Å². The Morgan fingerprint density at radius 3 is 2.54 bits per heavy atom. The van der Waals surface area contributed by atoms with E-state index in [0.717, 1.165) is 37.7 Å². The first-order chi connectivity index (χ1) is 11.7. The molecule has 2 aromatic rings. The van der Waals surface area contributed by atoms with E-state index in [1.54, 1.807) is 0 Å². The molecule has 128 valence electrons. The van der Waals surface area contributed by atoms with Gasteiger partial charge in [-0.25, -0.2) is 0 Å². The van der Waals surface area contributed by atoms with Crippen LogP contribution in [0.5, 0.6) is 11.5 Å². The SMILES string of the molecule is CC(C)CN(Cc1ccccc1Oc1ccccc1)[C@H]1CCNC1. The summed E-state index contributed by atoms with van der Waals surface area (Å²) >= 11 is 0. The summed E-state index contributed by atoms with van der Waals surface area (Å²) in [7, 11) is 0. The predicted molar refractivity (Wildman–Crippen MR) is 99.5 cm³/mol. The summed E-state index contributed by atoms with van der Waals surface area (Å²) in [6, 6.07) is 19.1. The van der Waals surface area contributed by atoms with E-state index >= 15 is 0 Å². The summed E-state index contributed by atoms with van der Waals surface area (Å²) in [5.74, 6) is 2.51. The fraction of sp³-hybridized carbons (Fsp3) is 0.429. The lowest BCUT2D eigenvalue weighted by Gasteiger charge is -2.30. The first kappa shape index (κ1) is 17.0. The molecule has 1 N–H and O–H groups in total. The maximum Gasteiger partial charge on any atom is 0.131 e. The number of ether oxygens (including phenoxy) is 1.